The highest BCUT2D eigenvalue weighted by atomic mass is 16.5. The molecule has 0 spiro atoms. The Labute approximate surface area is 135 Å². The summed E-state index contributed by atoms with van der Waals surface area (Å²) >= 11 is 0. The number of rotatable bonds is 7. The predicted octanol–water partition coefficient (Wildman–Crippen LogP) is 3.48. The topological polar surface area (TPSA) is 59.3 Å². The monoisotopic (exact) mass is 307 g/mol. The van der Waals surface area contributed by atoms with Crippen molar-refractivity contribution in [3.8, 4) is 11.8 Å². The van der Waals surface area contributed by atoms with Crippen molar-refractivity contribution >= 4 is 11.9 Å². The molecular formula is C19H17NO3. The average molecular weight is 307 g/mol. The van der Waals surface area contributed by atoms with Crippen molar-refractivity contribution < 1.29 is 14.3 Å². The summed E-state index contributed by atoms with van der Waals surface area (Å²) in [5.41, 5.74) is 1.96. The molecule has 0 heterocycles. The van der Waals surface area contributed by atoms with Crippen molar-refractivity contribution in [3.05, 3.63) is 71.3 Å². The first-order valence-corrected chi connectivity index (χ1v) is 7.17. The summed E-state index contributed by atoms with van der Waals surface area (Å²) in [6.45, 7) is 1.01. The summed E-state index contributed by atoms with van der Waals surface area (Å²) in [7, 11) is 1.62. The van der Waals surface area contributed by atoms with Crippen molar-refractivity contribution in [1.29, 1.82) is 5.26 Å². The molecule has 0 amide bonds. The molecule has 4 heteroatoms. The lowest BCUT2D eigenvalue weighted by molar-refractivity contribution is 0.104. The van der Waals surface area contributed by atoms with Crippen molar-refractivity contribution in [2.45, 2.75) is 0 Å². The molecule has 4 nitrogen and oxygen atoms in total. The lowest BCUT2D eigenvalue weighted by Crippen LogP contribution is -2.04. The SMILES string of the molecule is COCCOc1cccc(/C=C/C(=O)c2ccc(C#N)cc2)c1. The van der Waals surface area contributed by atoms with E-state index in [0.717, 1.165) is 11.3 Å². The lowest BCUT2D eigenvalue weighted by Gasteiger charge is -2.05. The first kappa shape index (κ1) is 16.5. The predicted molar refractivity (Wildman–Crippen MR) is 88.3 cm³/mol. The molecule has 0 radical (unpaired) electrons. The summed E-state index contributed by atoms with van der Waals surface area (Å²) in [5.74, 6) is 0.621. The number of hydrogen-bond acceptors (Lipinski definition) is 4. The van der Waals surface area contributed by atoms with Gasteiger partial charge in [-0.15, -0.1) is 0 Å². The van der Waals surface area contributed by atoms with Gasteiger partial charge in [0.05, 0.1) is 18.2 Å². The normalized spacial score (nSPS) is 10.4. The van der Waals surface area contributed by atoms with Crippen molar-refractivity contribution in [3.63, 3.8) is 0 Å². The Balaban J connectivity index is 2.02. The second-order valence-corrected chi connectivity index (χ2v) is 4.80. The van der Waals surface area contributed by atoms with E-state index in [9.17, 15) is 4.79 Å². The second kappa shape index (κ2) is 8.52. The quantitative estimate of drug-likeness (QED) is 0.446. The Bertz CT molecular complexity index is 727. The van der Waals surface area contributed by atoms with Crippen LogP contribution in [0.3, 0.4) is 0 Å². The summed E-state index contributed by atoms with van der Waals surface area (Å²) in [4.78, 5) is 12.1. The van der Waals surface area contributed by atoms with Crippen molar-refractivity contribution in [2.75, 3.05) is 20.3 Å². The molecule has 2 aromatic rings. The maximum atomic E-state index is 12.1. The highest BCUT2D eigenvalue weighted by Gasteiger charge is 2.02. The number of hydrogen-bond donors (Lipinski definition) is 0. The number of allylic oxidation sites excluding steroid dienone is 1. The van der Waals surface area contributed by atoms with Crippen molar-refractivity contribution in [1.82, 2.24) is 0 Å². The van der Waals surface area contributed by atoms with Crippen LogP contribution in [-0.2, 0) is 4.74 Å². The van der Waals surface area contributed by atoms with Gasteiger partial charge in [-0.05, 0) is 48.0 Å². The van der Waals surface area contributed by atoms with E-state index in [4.69, 9.17) is 14.7 Å². The van der Waals surface area contributed by atoms with Crippen LogP contribution in [0.5, 0.6) is 5.75 Å². The Morgan fingerprint density at radius 1 is 1.17 bits per heavy atom. The molecule has 0 bridgehead atoms. The Morgan fingerprint density at radius 3 is 2.65 bits per heavy atom. The van der Waals surface area contributed by atoms with Crippen LogP contribution >= 0.6 is 0 Å². The maximum Gasteiger partial charge on any atom is 0.185 e. The summed E-state index contributed by atoms with van der Waals surface area (Å²) in [6.07, 6.45) is 3.25. The minimum atomic E-state index is -0.111. The molecule has 0 fully saturated rings. The van der Waals surface area contributed by atoms with E-state index >= 15 is 0 Å². The fourth-order valence-electron chi connectivity index (χ4n) is 1.93. The number of benzene rings is 2. The fourth-order valence-corrected chi connectivity index (χ4v) is 1.93. The number of ketones is 1. The number of methoxy groups -OCH3 is 1. The smallest absolute Gasteiger partial charge is 0.185 e. The molecule has 0 aliphatic heterocycles. The largest absolute Gasteiger partial charge is 0.491 e. The fraction of sp³-hybridized carbons (Fsp3) is 0.158. The molecule has 0 aliphatic rings. The summed E-state index contributed by atoms with van der Waals surface area (Å²) in [5, 5.41) is 8.75. The van der Waals surface area contributed by atoms with Gasteiger partial charge in [0.25, 0.3) is 0 Å². The van der Waals surface area contributed by atoms with E-state index in [2.05, 4.69) is 0 Å². The molecule has 116 valence electrons. The Morgan fingerprint density at radius 2 is 1.96 bits per heavy atom. The van der Waals surface area contributed by atoms with Gasteiger partial charge in [-0.25, -0.2) is 0 Å². The van der Waals surface area contributed by atoms with Crippen LogP contribution in [0.25, 0.3) is 6.08 Å². The summed E-state index contributed by atoms with van der Waals surface area (Å²) in [6, 6.07) is 16.1. The molecule has 0 atom stereocenters. The average Bonchev–Trinajstić information content (AvgIpc) is 2.60. The number of carbonyl (C=O) groups excluding carboxylic acids is 1. The van der Waals surface area contributed by atoms with Crippen LogP contribution in [0.15, 0.2) is 54.6 Å². The number of carbonyl (C=O) groups is 1. The molecule has 0 aliphatic carbocycles. The number of nitrogens with zero attached hydrogens (tertiary/aromatic N) is 1. The molecule has 2 rings (SSSR count). The van der Waals surface area contributed by atoms with Gasteiger partial charge in [-0.1, -0.05) is 18.2 Å². The third-order valence-corrected chi connectivity index (χ3v) is 3.14. The molecule has 2 aromatic carbocycles. The molecule has 0 saturated carbocycles. The number of nitriles is 1. The van der Waals surface area contributed by atoms with Gasteiger partial charge < -0.3 is 9.47 Å². The van der Waals surface area contributed by atoms with Crippen LogP contribution in [0.2, 0.25) is 0 Å². The van der Waals surface area contributed by atoms with Crippen LogP contribution in [0.1, 0.15) is 21.5 Å². The van der Waals surface area contributed by atoms with Crippen LogP contribution in [0.4, 0.5) is 0 Å². The van der Waals surface area contributed by atoms with Crippen LogP contribution in [0, 0.1) is 11.3 Å². The molecule has 0 unspecified atom stereocenters. The first-order valence-electron chi connectivity index (χ1n) is 7.17. The molecule has 0 saturated heterocycles. The van der Waals surface area contributed by atoms with Crippen molar-refractivity contribution in [2.24, 2.45) is 0 Å². The maximum absolute atomic E-state index is 12.1. The zero-order valence-electron chi connectivity index (χ0n) is 12.9. The Hall–Kier alpha value is -2.90. The lowest BCUT2D eigenvalue weighted by atomic mass is 10.1. The minimum absolute atomic E-state index is 0.111. The Kier molecular flexibility index (Phi) is 6.10. The minimum Gasteiger partial charge on any atom is -0.491 e. The van der Waals surface area contributed by atoms with E-state index in [1.807, 2.05) is 30.3 Å². The number of ether oxygens (including phenoxy) is 2. The highest BCUT2D eigenvalue weighted by molar-refractivity contribution is 6.06. The van der Waals surface area contributed by atoms with E-state index in [-0.39, 0.29) is 5.78 Å². The van der Waals surface area contributed by atoms with Gasteiger partial charge in [-0.3, -0.25) is 4.79 Å². The van der Waals surface area contributed by atoms with Crippen LogP contribution < -0.4 is 4.74 Å². The van der Waals surface area contributed by atoms with Gasteiger partial charge >= 0.3 is 0 Å². The van der Waals surface area contributed by atoms with Crippen LogP contribution in [-0.4, -0.2) is 26.1 Å². The molecule has 0 aromatic heterocycles. The molecule has 0 N–H and O–H groups in total. The van der Waals surface area contributed by atoms with Gasteiger partial charge in [-0.2, -0.15) is 5.26 Å². The third kappa shape index (κ3) is 5.10. The standard InChI is InChI=1S/C19H17NO3/c1-22-11-12-23-18-4-2-3-15(13-18)7-10-19(21)17-8-5-16(14-20)6-9-17/h2-10,13H,11-12H2,1H3/b10-7+. The highest BCUT2D eigenvalue weighted by Crippen LogP contribution is 2.15. The van der Waals surface area contributed by atoms with Gasteiger partial charge in [0, 0.05) is 12.7 Å². The van der Waals surface area contributed by atoms with E-state index in [0.29, 0.717) is 24.3 Å². The van der Waals surface area contributed by atoms with E-state index in [1.165, 1.54) is 6.08 Å². The van der Waals surface area contributed by atoms with Gasteiger partial charge in [0.2, 0.25) is 0 Å². The molecular weight excluding hydrogens is 290 g/mol. The summed E-state index contributed by atoms with van der Waals surface area (Å²) < 4.78 is 10.5. The van der Waals surface area contributed by atoms with E-state index in [1.54, 1.807) is 37.5 Å². The zero-order chi connectivity index (χ0) is 16.5. The molecule has 23 heavy (non-hydrogen) atoms. The van der Waals surface area contributed by atoms with E-state index < -0.39 is 0 Å². The second-order valence-electron chi connectivity index (χ2n) is 4.80. The first-order chi connectivity index (χ1) is 11.2. The zero-order valence-corrected chi connectivity index (χ0v) is 12.9. The van der Waals surface area contributed by atoms with Gasteiger partial charge in [0.1, 0.15) is 12.4 Å². The third-order valence-electron chi connectivity index (χ3n) is 3.14. The van der Waals surface area contributed by atoms with Gasteiger partial charge in [0.15, 0.2) is 5.78 Å².